The molecule has 2 aromatic carbocycles. The van der Waals surface area contributed by atoms with Crippen LogP contribution in [0.25, 0.3) is 0 Å². The second kappa shape index (κ2) is 8.17. The fourth-order valence-corrected chi connectivity index (χ4v) is 3.50. The van der Waals surface area contributed by atoms with Gasteiger partial charge in [-0.3, -0.25) is 4.79 Å². The molecule has 1 atom stereocenters. The SMILES string of the molecule is Cc1ccccc1N1CC[NH+](CC(=O)N[C@@H](C)c2ccccc2)CC1. The first kappa shape index (κ1) is 17.5. The Labute approximate surface area is 150 Å². The number of quaternary nitrogens is 1. The highest BCUT2D eigenvalue weighted by Gasteiger charge is 2.23. The molecule has 0 spiro atoms. The fourth-order valence-electron chi connectivity index (χ4n) is 3.50. The van der Waals surface area contributed by atoms with E-state index < -0.39 is 0 Å². The van der Waals surface area contributed by atoms with E-state index in [1.165, 1.54) is 16.2 Å². The van der Waals surface area contributed by atoms with Gasteiger partial charge in [0, 0.05) is 5.69 Å². The van der Waals surface area contributed by atoms with Gasteiger partial charge in [-0.25, -0.2) is 0 Å². The molecule has 0 saturated carbocycles. The number of aryl methyl sites for hydroxylation is 1. The van der Waals surface area contributed by atoms with Crippen molar-refractivity contribution >= 4 is 11.6 Å². The van der Waals surface area contributed by atoms with Gasteiger partial charge in [-0.15, -0.1) is 0 Å². The summed E-state index contributed by atoms with van der Waals surface area (Å²) in [5.74, 6) is 0.135. The molecule has 25 heavy (non-hydrogen) atoms. The van der Waals surface area contributed by atoms with Crippen molar-refractivity contribution in [2.45, 2.75) is 19.9 Å². The van der Waals surface area contributed by atoms with Crippen LogP contribution in [0.1, 0.15) is 24.1 Å². The van der Waals surface area contributed by atoms with Crippen LogP contribution in [-0.2, 0) is 4.79 Å². The monoisotopic (exact) mass is 338 g/mol. The van der Waals surface area contributed by atoms with Crippen LogP contribution >= 0.6 is 0 Å². The maximum Gasteiger partial charge on any atom is 0.275 e. The zero-order valence-corrected chi connectivity index (χ0v) is 15.2. The number of carbonyl (C=O) groups is 1. The predicted molar refractivity (Wildman–Crippen MR) is 102 cm³/mol. The van der Waals surface area contributed by atoms with E-state index in [1.54, 1.807) is 0 Å². The number of benzene rings is 2. The first-order valence-corrected chi connectivity index (χ1v) is 9.12. The second-order valence-corrected chi connectivity index (χ2v) is 6.90. The molecule has 132 valence electrons. The number of rotatable bonds is 5. The Morgan fingerprint density at radius 3 is 2.40 bits per heavy atom. The zero-order valence-electron chi connectivity index (χ0n) is 15.2. The average Bonchev–Trinajstić information content (AvgIpc) is 2.63. The largest absolute Gasteiger partial charge is 0.360 e. The standard InChI is InChI=1S/C21H27N3O/c1-17-8-6-7-11-20(17)24-14-12-23(13-15-24)16-21(25)22-18(2)19-9-4-3-5-10-19/h3-11,18H,12-16H2,1-2H3,(H,22,25)/p+1/t18-/m0/s1. The molecule has 4 heteroatoms. The van der Waals surface area contributed by atoms with Gasteiger partial charge in [-0.1, -0.05) is 48.5 Å². The van der Waals surface area contributed by atoms with Gasteiger partial charge >= 0.3 is 0 Å². The van der Waals surface area contributed by atoms with E-state index in [4.69, 9.17) is 0 Å². The quantitative estimate of drug-likeness (QED) is 0.868. The highest BCUT2D eigenvalue weighted by Crippen LogP contribution is 2.18. The number of anilines is 1. The van der Waals surface area contributed by atoms with Crippen LogP contribution in [0.2, 0.25) is 0 Å². The molecule has 1 aliphatic rings. The molecule has 0 unspecified atom stereocenters. The van der Waals surface area contributed by atoms with Crippen molar-refractivity contribution in [3.63, 3.8) is 0 Å². The zero-order chi connectivity index (χ0) is 17.6. The molecule has 1 heterocycles. The number of nitrogens with zero attached hydrogens (tertiary/aromatic N) is 1. The molecule has 3 rings (SSSR count). The van der Waals surface area contributed by atoms with Crippen molar-refractivity contribution in [3.8, 4) is 0 Å². The molecule has 1 fully saturated rings. The number of carbonyl (C=O) groups excluding carboxylic acids is 1. The van der Waals surface area contributed by atoms with Crippen LogP contribution in [0.5, 0.6) is 0 Å². The summed E-state index contributed by atoms with van der Waals surface area (Å²) in [7, 11) is 0. The number of piperazine rings is 1. The predicted octanol–water partition coefficient (Wildman–Crippen LogP) is 1.58. The Morgan fingerprint density at radius 2 is 1.72 bits per heavy atom. The van der Waals surface area contributed by atoms with Gasteiger partial charge in [0.2, 0.25) is 0 Å². The first-order valence-electron chi connectivity index (χ1n) is 9.12. The lowest BCUT2D eigenvalue weighted by Crippen LogP contribution is -3.16. The van der Waals surface area contributed by atoms with E-state index in [0.29, 0.717) is 6.54 Å². The topological polar surface area (TPSA) is 36.8 Å². The van der Waals surface area contributed by atoms with Crippen molar-refractivity contribution in [3.05, 3.63) is 65.7 Å². The molecule has 0 bridgehead atoms. The molecule has 2 aromatic rings. The minimum absolute atomic E-state index is 0.0568. The molecule has 1 saturated heterocycles. The summed E-state index contributed by atoms with van der Waals surface area (Å²) >= 11 is 0. The van der Waals surface area contributed by atoms with E-state index in [9.17, 15) is 4.79 Å². The highest BCUT2D eigenvalue weighted by molar-refractivity contribution is 5.77. The Morgan fingerprint density at radius 1 is 1.08 bits per heavy atom. The van der Waals surface area contributed by atoms with Gasteiger partial charge in [-0.2, -0.15) is 0 Å². The molecule has 2 N–H and O–H groups in total. The lowest BCUT2D eigenvalue weighted by Gasteiger charge is -2.34. The minimum Gasteiger partial charge on any atom is -0.360 e. The number of nitrogens with one attached hydrogen (secondary N) is 2. The van der Waals surface area contributed by atoms with Crippen molar-refractivity contribution < 1.29 is 9.69 Å². The summed E-state index contributed by atoms with van der Waals surface area (Å²) in [5, 5.41) is 3.12. The minimum atomic E-state index is 0.0568. The van der Waals surface area contributed by atoms with Gasteiger partial charge < -0.3 is 15.1 Å². The average molecular weight is 338 g/mol. The number of hydrogen-bond acceptors (Lipinski definition) is 2. The van der Waals surface area contributed by atoms with E-state index in [0.717, 1.165) is 31.7 Å². The Balaban J connectivity index is 1.47. The van der Waals surface area contributed by atoms with E-state index in [1.807, 2.05) is 25.1 Å². The Hall–Kier alpha value is -2.33. The highest BCUT2D eigenvalue weighted by atomic mass is 16.2. The van der Waals surface area contributed by atoms with Gasteiger partial charge in [0.15, 0.2) is 6.54 Å². The van der Waals surface area contributed by atoms with Crippen molar-refractivity contribution in [2.24, 2.45) is 0 Å². The molecular weight excluding hydrogens is 310 g/mol. The third-order valence-electron chi connectivity index (χ3n) is 5.01. The third kappa shape index (κ3) is 4.60. The summed E-state index contributed by atoms with van der Waals surface area (Å²) in [4.78, 5) is 16.2. The van der Waals surface area contributed by atoms with E-state index in [2.05, 4.69) is 53.5 Å². The van der Waals surface area contributed by atoms with Gasteiger partial charge in [0.1, 0.15) is 0 Å². The van der Waals surface area contributed by atoms with E-state index in [-0.39, 0.29) is 11.9 Å². The number of para-hydroxylation sites is 1. The first-order chi connectivity index (χ1) is 12.1. The van der Waals surface area contributed by atoms with Gasteiger partial charge in [0.25, 0.3) is 5.91 Å². The smallest absolute Gasteiger partial charge is 0.275 e. The van der Waals surface area contributed by atoms with Crippen molar-refractivity contribution in [1.82, 2.24) is 5.32 Å². The van der Waals surface area contributed by atoms with Gasteiger partial charge in [-0.05, 0) is 31.0 Å². The number of amides is 1. The summed E-state index contributed by atoms with van der Waals surface area (Å²) in [6.45, 7) is 8.76. The maximum absolute atomic E-state index is 12.4. The lowest BCUT2D eigenvalue weighted by molar-refractivity contribution is -0.892. The van der Waals surface area contributed by atoms with Crippen molar-refractivity contribution in [1.29, 1.82) is 0 Å². The van der Waals surface area contributed by atoms with Crippen LogP contribution in [0.15, 0.2) is 54.6 Å². The van der Waals surface area contributed by atoms with Crippen LogP contribution in [0.4, 0.5) is 5.69 Å². The summed E-state index contributed by atoms with van der Waals surface area (Å²) in [6.07, 6.45) is 0. The molecule has 0 aliphatic carbocycles. The van der Waals surface area contributed by atoms with Crippen LogP contribution in [0.3, 0.4) is 0 Å². The molecular formula is C21H28N3O+. The summed E-state index contributed by atoms with van der Waals surface area (Å²) < 4.78 is 0. The summed E-state index contributed by atoms with van der Waals surface area (Å²) in [5.41, 5.74) is 3.79. The van der Waals surface area contributed by atoms with Crippen LogP contribution in [0, 0.1) is 6.92 Å². The normalized spacial score (nSPS) is 16.5. The molecule has 0 aromatic heterocycles. The summed E-state index contributed by atoms with van der Waals surface area (Å²) in [6, 6.07) is 18.7. The second-order valence-electron chi connectivity index (χ2n) is 6.90. The molecule has 4 nitrogen and oxygen atoms in total. The Kier molecular flexibility index (Phi) is 5.71. The lowest BCUT2D eigenvalue weighted by atomic mass is 10.1. The number of hydrogen-bond donors (Lipinski definition) is 2. The maximum atomic E-state index is 12.4. The van der Waals surface area contributed by atoms with Gasteiger partial charge in [0.05, 0.1) is 32.2 Å². The van der Waals surface area contributed by atoms with E-state index >= 15 is 0 Å². The third-order valence-corrected chi connectivity index (χ3v) is 5.01. The Bertz CT molecular complexity index is 693. The van der Waals surface area contributed by atoms with Crippen LogP contribution < -0.4 is 15.1 Å². The van der Waals surface area contributed by atoms with Crippen LogP contribution in [-0.4, -0.2) is 38.6 Å². The molecule has 1 amide bonds. The fraction of sp³-hybridized carbons (Fsp3) is 0.381. The van der Waals surface area contributed by atoms with Crippen molar-refractivity contribution in [2.75, 3.05) is 37.6 Å². The molecule has 1 aliphatic heterocycles. The molecule has 0 radical (unpaired) electrons.